The van der Waals surface area contributed by atoms with Crippen molar-refractivity contribution in [3.05, 3.63) is 59.1 Å². The van der Waals surface area contributed by atoms with Gasteiger partial charge in [0, 0.05) is 43.2 Å². The van der Waals surface area contributed by atoms with Crippen LogP contribution in [0.5, 0.6) is 11.5 Å². The van der Waals surface area contributed by atoms with E-state index in [-0.39, 0.29) is 29.7 Å². The molecular weight excluding hydrogens is 448 g/mol. The van der Waals surface area contributed by atoms with Crippen LogP contribution in [0.25, 0.3) is 16.5 Å². The zero-order valence-electron chi connectivity index (χ0n) is 19.6. The number of hydrogen-bond acceptors (Lipinski definition) is 6. The SMILES string of the molecule is CNC(=O)c1c(C)oc2cc(Oc3ccnn4cc(C(=O)N5[C@@H]6CC[C@H]5C(=O)C6)c(C)c34)ccc12. The minimum absolute atomic E-state index is 0.00532. The van der Waals surface area contributed by atoms with Crippen LogP contribution in [0.4, 0.5) is 0 Å². The molecule has 0 aliphatic carbocycles. The first-order valence-corrected chi connectivity index (χ1v) is 11.6. The second kappa shape index (κ2) is 7.69. The maximum atomic E-state index is 13.4. The molecule has 6 rings (SSSR count). The molecule has 2 bridgehead atoms. The number of aromatic nitrogens is 2. The predicted molar refractivity (Wildman–Crippen MR) is 127 cm³/mol. The number of carbonyl (C=O) groups is 3. The number of Topliss-reactive ketones (excluding diaryl/α,β-unsaturated/α-hetero) is 1. The van der Waals surface area contributed by atoms with Gasteiger partial charge in [-0.15, -0.1) is 0 Å². The van der Waals surface area contributed by atoms with Gasteiger partial charge in [-0.2, -0.15) is 5.10 Å². The number of fused-ring (bicyclic) bond motifs is 4. The number of ether oxygens (including phenoxy) is 1. The highest BCUT2D eigenvalue weighted by atomic mass is 16.5. The summed E-state index contributed by atoms with van der Waals surface area (Å²) >= 11 is 0. The van der Waals surface area contributed by atoms with E-state index in [1.807, 2.05) is 6.92 Å². The third kappa shape index (κ3) is 3.14. The van der Waals surface area contributed by atoms with Gasteiger partial charge in [-0.25, -0.2) is 4.52 Å². The van der Waals surface area contributed by atoms with E-state index in [1.165, 1.54) is 0 Å². The molecule has 2 fully saturated rings. The van der Waals surface area contributed by atoms with E-state index < -0.39 is 0 Å². The predicted octanol–water partition coefficient (Wildman–Crippen LogP) is 3.80. The average Bonchev–Trinajstić information content (AvgIpc) is 3.57. The number of hydrogen-bond donors (Lipinski definition) is 1. The Morgan fingerprint density at radius 1 is 1.20 bits per heavy atom. The normalized spacial score (nSPS) is 19.2. The summed E-state index contributed by atoms with van der Waals surface area (Å²) < 4.78 is 13.6. The molecule has 1 aromatic carbocycles. The summed E-state index contributed by atoms with van der Waals surface area (Å²) in [5.74, 6) is 1.40. The number of nitrogens with zero attached hydrogens (tertiary/aromatic N) is 3. The van der Waals surface area contributed by atoms with Gasteiger partial charge < -0.3 is 19.4 Å². The fraction of sp³-hybridized carbons (Fsp3) is 0.308. The number of rotatable bonds is 4. The molecule has 2 saturated heterocycles. The van der Waals surface area contributed by atoms with Crippen LogP contribution in [0.3, 0.4) is 0 Å². The zero-order valence-corrected chi connectivity index (χ0v) is 19.6. The van der Waals surface area contributed by atoms with Crippen molar-refractivity contribution in [2.24, 2.45) is 0 Å². The number of aryl methyl sites for hydroxylation is 2. The van der Waals surface area contributed by atoms with E-state index >= 15 is 0 Å². The summed E-state index contributed by atoms with van der Waals surface area (Å²) in [5.41, 5.74) is 2.98. The van der Waals surface area contributed by atoms with Crippen LogP contribution in [0, 0.1) is 13.8 Å². The molecule has 0 radical (unpaired) electrons. The van der Waals surface area contributed by atoms with Crippen LogP contribution in [0.1, 0.15) is 51.3 Å². The molecular formula is C26H24N4O5. The lowest BCUT2D eigenvalue weighted by Crippen LogP contribution is -2.36. The summed E-state index contributed by atoms with van der Waals surface area (Å²) in [6.07, 6.45) is 5.38. The lowest BCUT2D eigenvalue weighted by Gasteiger charge is -2.20. The van der Waals surface area contributed by atoms with Crippen molar-refractivity contribution in [1.29, 1.82) is 0 Å². The van der Waals surface area contributed by atoms with Gasteiger partial charge in [0.15, 0.2) is 11.5 Å². The molecule has 5 heterocycles. The highest BCUT2D eigenvalue weighted by molar-refractivity contribution is 6.07. The zero-order chi connectivity index (χ0) is 24.4. The van der Waals surface area contributed by atoms with Crippen molar-refractivity contribution < 1.29 is 23.5 Å². The molecule has 178 valence electrons. The van der Waals surface area contributed by atoms with E-state index in [2.05, 4.69) is 10.4 Å². The lowest BCUT2D eigenvalue weighted by molar-refractivity contribution is -0.120. The first-order valence-electron chi connectivity index (χ1n) is 11.6. The summed E-state index contributed by atoms with van der Waals surface area (Å²) in [6.45, 7) is 3.62. The molecule has 9 nitrogen and oxygen atoms in total. The fourth-order valence-corrected chi connectivity index (χ4v) is 5.53. The lowest BCUT2D eigenvalue weighted by atomic mass is 10.00. The number of furan rings is 1. The second-order valence-electron chi connectivity index (χ2n) is 9.16. The van der Waals surface area contributed by atoms with Crippen molar-refractivity contribution in [2.75, 3.05) is 7.05 Å². The minimum Gasteiger partial charge on any atom is -0.460 e. The highest BCUT2D eigenvalue weighted by Gasteiger charge is 2.48. The third-order valence-corrected chi connectivity index (χ3v) is 7.19. The van der Waals surface area contributed by atoms with E-state index in [0.717, 1.165) is 18.4 Å². The molecule has 2 amide bonds. The van der Waals surface area contributed by atoms with Gasteiger partial charge in [0.2, 0.25) is 0 Å². The Kier molecular flexibility index (Phi) is 4.70. The van der Waals surface area contributed by atoms with Gasteiger partial charge in [-0.05, 0) is 44.4 Å². The van der Waals surface area contributed by atoms with Crippen LogP contribution in [0.2, 0.25) is 0 Å². The molecule has 0 spiro atoms. The van der Waals surface area contributed by atoms with Crippen LogP contribution in [-0.2, 0) is 4.79 Å². The molecule has 0 saturated carbocycles. The quantitative estimate of drug-likeness (QED) is 0.484. The molecule has 2 aliphatic rings. The smallest absolute Gasteiger partial charge is 0.256 e. The van der Waals surface area contributed by atoms with Crippen molar-refractivity contribution in [3.63, 3.8) is 0 Å². The Balaban J connectivity index is 1.36. The van der Waals surface area contributed by atoms with Crippen LogP contribution in [-0.4, -0.2) is 51.2 Å². The van der Waals surface area contributed by atoms with Crippen LogP contribution < -0.4 is 10.1 Å². The molecule has 35 heavy (non-hydrogen) atoms. The maximum Gasteiger partial charge on any atom is 0.256 e. The van der Waals surface area contributed by atoms with E-state index in [1.54, 1.807) is 60.0 Å². The van der Waals surface area contributed by atoms with Gasteiger partial charge in [0.1, 0.15) is 22.6 Å². The molecule has 9 heteroatoms. The van der Waals surface area contributed by atoms with Gasteiger partial charge in [-0.1, -0.05) is 0 Å². The largest absolute Gasteiger partial charge is 0.460 e. The summed E-state index contributed by atoms with van der Waals surface area (Å²) in [4.78, 5) is 39.6. The summed E-state index contributed by atoms with van der Waals surface area (Å²) in [5, 5.41) is 7.71. The Bertz CT molecular complexity index is 1550. The van der Waals surface area contributed by atoms with E-state index in [0.29, 0.717) is 51.3 Å². The maximum absolute atomic E-state index is 13.4. The van der Waals surface area contributed by atoms with Crippen molar-refractivity contribution in [1.82, 2.24) is 19.8 Å². The number of ketones is 1. The molecule has 3 aromatic heterocycles. The molecule has 1 N–H and O–H groups in total. The summed E-state index contributed by atoms with van der Waals surface area (Å²) in [6, 6.07) is 6.75. The van der Waals surface area contributed by atoms with Gasteiger partial charge in [0.05, 0.1) is 23.4 Å². The second-order valence-corrected chi connectivity index (χ2v) is 9.16. The van der Waals surface area contributed by atoms with Gasteiger partial charge in [0.25, 0.3) is 11.8 Å². The average molecular weight is 473 g/mol. The molecule has 0 unspecified atom stereocenters. The Morgan fingerprint density at radius 3 is 2.74 bits per heavy atom. The standard InChI is InChI=1S/C26H24N4O5/c1-13-18(26(33)30-15-4-7-19(30)20(31)10-15)12-29-24(13)21(8-9-28-29)35-16-5-6-17-22(11-16)34-14(2)23(17)25(32)27-3/h5-6,8-9,11-12,15,19H,4,7,10H2,1-3H3,(H,27,32)/t15-,19+/m1/s1. The van der Waals surface area contributed by atoms with Crippen molar-refractivity contribution in [2.45, 2.75) is 45.2 Å². The van der Waals surface area contributed by atoms with Crippen molar-refractivity contribution in [3.8, 4) is 11.5 Å². The topological polar surface area (TPSA) is 106 Å². The Morgan fingerprint density at radius 2 is 2.03 bits per heavy atom. The van der Waals surface area contributed by atoms with Crippen LogP contribution >= 0.6 is 0 Å². The number of carbonyl (C=O) groups excluding carboxylic acids is 3. The monoisotopic (exact) mass is 472 g/mol. The van der Waals surface area contributed by atoms with Crippen molar-refractivity contribution >= 4 is 34.1 Å². The fourth-order valence-electron chi connectivity index (χ4n) is 5.53. The third-order valence-electron chi connectivity index (χ3n) is 7.19. The number of benzene rings is 1. The molecule has 2 aliphatic heterocycles. The van der Waals surface area contributed by atoms with E-state index in [9.17, 15) is 14.4 Å². The Hall–Kier alpha value is -4.14. The molecule has 2 atom stereocenters. The van der Waals surface area contributed by atoms with Gasteiger partial charge in [-0.3, -0.25) is 14.4 Å². The Labute approximate surface area is 200 Å². The van der Waals surface area contributed by atoms with E-state index in [4.69, 9.17) is 9.15 Å². The first kappa shape index (κ1) is 21.4. The highest BCUT2D eigenvalue weighted by Crippen LogP contribution is 2.38. The van der Waals surface area contributed by atoms with Crippen LogP contribution in [0.15, 0.2) is 41.1 Å². The minimum atomic E-state index is -0.304. The number of nitrogens with one attached hydrogen (secondary N) is 1. The number of amides is 2. The first-order chi connectivity index (χ1) is 16.9. The van der Waals surface area contributed by atoms with Gasteiger partial charge >= 0.3 is 0 Å². The summed E-state index contributed by atoms with van der Waals surface area (Å²) in [7, 11) is 1.58. The molecule has 4 aromatic rings.